The van der Waals surface area contributed by atoms with Crippen LogP contribution in [-0.4, -0.2) is 12.1 Å². The van der Waals surface area contributed by atoms with E-state index < -0.39 is 0 Å². The molecule has 1 aromatic carbocycles. The average Bonchev–Trinajstić information content (AvgIpc) is 2.46. The van der Waals surface area contributed by atoms with Crippen molar-refractivity contribution in [3.05, 3.63) is 34.9 Å². The molecule has 1 saturated carbocycles. The highest BCUT2D eigenvalue weighted by molar-refractivity contribution is 6.30. The Balaban J connectivity index is 1.92. The third-order valence-electron chi connectivity index (χ3n) is 4.95. The first-order valence-corrected chi connectivity index (χ1v) is 8.31. The molecule has 1 aliphatic carbocycles. The fraction of sp³-hybridized carbons (Fsp3) is 0.667. The van der Waals surface area contributed by atoms with Crippen LogP contribution in [0.25, 0.3) is 0 Å². The van der Waals surface area contributed by atoms with Gasteiger partial charge in [-0.2, -0.15) is 0 Å². The maximum Gasteiger partial charge on any atom is 0.0808 e. The largest absolute Gasteiger partial charge is 0.369 e. The first-order valence-electron chi connectivity index (χ1n) is 7.93. The SMILES string of the molecule is CC(C)(C)C1CCC(CN)(OCc2ccc(Cl)cc2)CC1. The molecule has 0 heterocycles. The fourth-order valence-corrected chi connectivity index (χ4v) is 3.36. The molecule has 0 radical (unpaired) electrons. The van der Waals surface area contributed by atoms with Gasteiger partial charge in [0.1, 0.15) is 0 Å². The van der Waals surface area contributed by atoms with Crippen molar-refractivity contribution in [3.8, 4) is 0 Å². The van der Waals surface area contributed by atoms with Crippen LogP contribution in [0.1, 0.15) is 52.0 Å². The molecule has 0 bridgehead atoms. The van der Waals surface area contributed by atoms with Crippen LogP contribution < -0.4 is 5.73 Å². The van der Waals surface area contributed by atoms with Gasteiger partial charge < -0.3 is 10.5 Å². The van der Waals surface area contributed by atoms with Gasteiger partial charge in [-0.1, -0.05) is 44.5 Å². The molecule has 0 aromatic heterocycles. The molecule has 2 nitrogen and oxygen atoms in total. The van der Waals surface area contributed by atoms with Gasteiger partial charge >= 0.3 is 0 Å². The summed E-state index contributed by atoms with van der Waals surface area (Å²) in [5, 5.41) is 0.762. The molecule has 0 aliphatic heterocycles. The summed E-state index contributed by atoms with van der Waals surface area (Å²) in [6, 6.07) is 7.86. The summed E-state index contributed by atoms with van der Waals surface area (Å²) in [5.41, 5.74) is 7.44. The Bertz CT molecular complexity index is 441. The van der Waals surface area contributed by atoms with Crippen molar-refractivity contribution in [3.63, 3.8) is 0 Å². The van der Waals surface area contributed by atoms with E-state index >= 15 is 0 Å². The molecule has 0 amide bonds. The summed E-state index contributed by atoms with van der Waals surface area (Å²) in [4.78, 5) is 0. The summed E-state index contributed by atoms with van der Waals surface area (Å²) in [5.74, 6) is 0.774. The quantitative estimate of drug-likeness (QED) is 0.868. The molecule has 0 spiro atoms. The second-order valence-corrected chi connectivity index (χ2v) is 7.88. The van der Waals surface area contributed by atoms with Crippen molar-refractivity contribution < 1.29 is 4.74 Å². The molecule has 1 fully saturated rings. The number of hydrogen-bond acceptors (Lipinski definition) is 2. The number of benzene rings is 1. The highest BCUT2D eigenvalue weighted by Crippen LogP contribution is 2.42. The smallest absolute Gasteiger partial charge is 0.0808 e. The molecular formula is C18H28ClNO. The molecule has 21 heavy (non-hydrogen) atoms. The normalized spacial score (nSPS) is 26.8. The highest BCUT2D eigenvalue weighted by atomic mass is 35.5. The number of hydrogen-bond donors (Lipinski definition) is 1. The van der Waals surface area contributed by atoms with Gasteiger partial charge in [-0.15, -0.1) is 0 Å². The van der Waals surface area contributed by atoms with Gasteiger partial charge in [0.05, 0.1) is 12.2 Å². The van der Waals surface area contributed by atoms with Gasteiger partial charge in [-0.3, -0.25) is 0 Å². The molecule has 0 atom stereocenters. The summed E-state index contributed by atoms with van der Waals surface area (Å²) in [7, 11) is 0. The van der Waals surface area contributed by atoms with Crippen molar-refractivity contribution in [1.29, 1.82) is 0 Å². The topological polar surface area (TPSA) is 35.2 Å². The Kier molecular flexibility index (Phi) is 5.34. The second kappa shape index (κ2) is 6.68. The van der Waals surface area contributed by atoms with Crippen LogP contribution >= 0.6 is 11.6 Å². The Morgan fingerprint density at radius 3 is 2.24 bits per heavy atom. The maximum absolute atomic E-state index is 6.24. The lowest BCUT2D eigenvalue weighted by molar-refractivity contribution is -0.0888. The van der Waals surface area contributed by atoms with Crippen LogP contribution in [0.5, 0.6) is 0 Å². The molecule has 1 aliphatic rings. The zero-order valence-electron chi connectivity index (χ0n) is 13.5. The van der Waals surface area contributed by atoms with Crippen LogP contribution in [0.4, 0.5) is 0 Å². The number of ether oxygens (including phenoxy) is 1. The Morgan fingerprint density at radius 1 is 1.19 bits per heavy atom. The third kappa shape index (κ3) is 4.45. The maximum atomic E-state index is 6.24. The van der Waals surface area contributed by atoms with E-state index in [4.69, 9.17) is 22.1 Å². The van der Waals surface area contributed by atoms with Crippen LogP contribution in [-0.2, 0) is 11.3 Å². The van der Waals surface area contributed by atoms with Crippen LogP contribution in [0.3, 0.4) is 0 Å². The number of halogens is 1. The van der Waals surface area contributed by atoms with Crippen LogP contribution in [0.2, 0.25) is 5.02 Å². The molecule has 2 rings (SSSR count). The Hall–Kier alpha value is -0.570. The van der Waals surface area contributed by atoms with E-state index in [2.05, 4.69) is 20.8 Å². The van der Waals surface area contributed by atoms with E-state index in [0.29, 0.717) is 18.6 Å². The number of rotatable bonds is 4. The highest BCUT2D eigenvalue weighted by Gasteiger charge is 2.38. The minimum absolute atomic E-state index is 0.138. The number of nitrogens with two attached hydrogens (primary N) is 1. The molecule has 0 unspecified atom stereocenters. The standard InChI is InChI=1S/C18H28ClNO/c1-17(2,3)15-8-10-18(13-20,11-9-15)21-12-14-4-6-16(19)7-5-14/h4-7,15H,8-13,20H2,1-3H3. The zero-order chi connectivity index (χ0) is 15.5. The molecule has 3 heteroatoms. The molecule has 1 aromatic rings. The van der Waals surface area contributed by atoms with Gasteiger partial charge in [0.2, 0.25) is 0 Å². The zero-order valence-corrected chi connectivity index (χ0v) is 14.2. The molecule has 0 saturated heterocycles. The first-order chi connectivity index (χ1) is 9.85. The average molecular weight is 310 g/mol. The second-order valence-electron chi connectivity index (χ2n) is 7.44. The van der Waals surface area contributed by atoms with E-state index in [9.17, 15) is 0 Å². The van der Waals surface area contributed by atoms with Crippen molar-refractivity contribution in [2.45, 2.75) is 58.7 Å². The van der Waals surface area contributed by atoms with Crippen LogP contribution in [0, 0.1) is 11.3 Å². The lowest BCUT2D eigenvalue weighted by Crippen LogP contribution is -2.45. The van der Waals surface area contributed by atoms with E-state index in [1.807, 2.05) is 24.3 Å². The summed E-state index contributed by atoms with van der Waals surface area (Å²) >= 11 is 5.91. The van der Waals surface area contributed by atoms with E-state index in [0.717, 1.165) is 29.3 Å². The van der Waals surface area contributed by atoms with Gasteiger partial charge in [0.25, 0.3) is 0 Å². The lowest BCUT2D eigenvalue weighted by atomic mass is 9.68. The van der Waals surface area contributed by atoms with E-state index in [1.165, 1.54) is 12.8 Å². The Morgan fingerprint density at radius 2 is 1.76 bits per heavy atom. The predicted molar refractivity (Wildman–Crippen MR) is 89.4 cm³/mol. The molecular weight excluding hydrogens is 282 g/mol. The van der Waals surface area contributed by atoms with Crippen molar-refractivity contribution in [1.82, 2.24) is 0 Å². The monoisotopic (exact) mass is 309 g/mol. The minimum atomic E-state index is -0.138. The van der Waals surface area contributed by atoms with E-state index in [-0.39, 0.29) is 5.60 Å². The van der Waals surface area contributed by atoms with Crippen LogP contribution in [0.15, 0.2) is 24.3 Å². The minimum Gasteiger partial charge on any atom is -0.369 e. The van der Waals surface area contributed by atoms with E-state index in [1.54, 1.807) is 0 Å². The predicted octanol–water partition coefficient (Wildman–Crippen LogP) is 4.79. The first kappa shape index (κ1) is 16.8. The lowest BCUT2D eigenvalue weighted by Gasteiger charge is -2.43. The van der Waals surface area contributed by atoms with Gasteiger partial charge in [-0.25, -0.2) is 0 Å². The molecule has 2 N–H and O–H groups in total. The van der Waals surface area contributed by atoms with Gasteiger partial charge in [-0.05, 0) is 54.7 Å². The van der Waals surface area contributed by atoms with Crippen molar-refractivity contribution in [2.24, 2.45) is 17.1 Å². The van der Waals surface area contributed by atoms with Gasteiger partial charge in [0.15, 0.2) is 0 Å². The van der Waals surface area contributed by atoms with Crippen molar-refractivity contribution in [2.75, 3.05) is 6.54 Å². The van der Waals surface area contributed by atoms with Crippen molar-refractivity contribution >= 4 is 11.6 Å². The molecule has 118 valence electrons. The summed E-state index contributed by atoms with van der Waals surface area (Å²) in [6.45, 7) is 8.23. The Labute approximate surface area is 134 Å². The fourth-order valence-electron chi connectivity index (χ4n) is 3.23. The summed E-state index contributed by atoms with van der Waals surface area (Å²) in [6.07, 6.45) is 4.56. The summed E-state index contributed by atoms with van der Waals surface area (Å²) < 4.78 is 6.24. The van der Waals surface area contributed by atoms with Gasteiger partial charge in [0, 0.05) is 11.6 Å². The third-order valence-corrected chi connectivity index (χ3v) is 5.20.